The number of H-pyrrole nitrogens is 1. The molecular formula is C16H19FN4. The lowest BCUT2D eigenvalue weighted by Crippen LogP contribution is -2.44. The van der Waals surface area contributed by atoms with Gasteiger partial charge in [-0.1, -0.05) is 0 Å². The summed E-state index contributed by atoms with van der Waals surface area (Å²) in [6.07, 6.45) is 0. The van der Waals surface area contributed by atoms with Crippen molar-refractivity contribution in [2.75, 3.05) is 38.1 Å². The standard InChI is InChI=1S/C16H19FN4/c1-10-11(2)19-15-12(9-18)8-13(17)16(14(10)15)21-6-4-20(3)5-7-21/h8,19H,4-7H2,1-3H3. The van der Waals surface area contributed by atoms with Crippen molar-refractivity contribution in [2.45, 2.75) is 13.8 Å². The van der Waals surface area contributed by atoms with Crippen LogP contribution >= 0.6 is 0 Å². The first-order chi connectivity index (χ1) is 10.0. The van der Waals surface area contributed by atoms with Gasteiger partial charge < -0.3 is 14.8 Å². The molecule has 0 atom stereocenters. The van der Waals surface area contributed by atoms with Crippen LogP contribution in [0, 0.1) is 31.0 Å². The molecule has 0 amide bonds. The molecular weight excluding hydrogens is 267 g/mol. The first-order valence-electron chi connectivity index (χ1n) is 7.18. The van der Waals surface area contributed by atoms with Crippen LogP contribution in [0.15, 0.2) is 6.07 Å². The van der Waals surface area contributed by atoms with E-state index in [0.29, 0.717) is 11.3 Å². The molecule has 1 aliphatic heterocycles. The summed E-state index contributed by atoms with van der Waals surface area (Å²) in [7, 11) is 2.08. The SMILES string of the molecule is Cc1[nH]c2c(C#N)cc(F)c(N3CCN(C)CC3)c2c1C. The van der Waals surface area contributed by atoms with Crippen LogP contribution in [0.5, 0.6) is 0 Å². The van der Waals surface area contributed by atoms with E-state index in [1.807, 2.05) is 13.8 Å². The quantitative estimate of drug-likeness (QED) is 0.876. The third kappa shape index (κ3) is 2.16. The number of nitrogens with zero attached hydrogens (tertiary/aromatic N) is 3. The molecule has 0 spiro atoms. The van der Waals surface area contributed by atoms with Gasteiger partial charge in [0.25, 0.3) is 0 Å². The number of aromatic amines is 1. The van der Waals surface area contributed by atoms with Crippen molar-refractivity contribution in [3.05, 3.63) is 28.7 Å². The molecule has 0 unspecified atom stereocenters. The summed E-state index contributed by atoms with van der Waals surface area (Å²) in [6.45, 7) is 7.39. The van der Waals surface area contributed by atoms with Crippen molar-refractivity contribution >= 4 is 16.6 Å². The lowest BCUT2D eigenvalue weighted by molar-refractivity contribution is 0.312. The van der Waals surface area contributed by atoms with E-state index in [9.17, 15) is 9.65 Å². The van der Waals surface area contributed by atoms with E-state index < -0.39 is 0 Å². The second-order valence-corrected chi connectivity index (χ2v) is 5.78. The number of benzene rings is 1. The van der Waals surface area contributed by atoms with Crippen molar-refractivity contribution in [3.8, 4) is 6.07 Å². The lowest BCUT2D eigenvalue weighted by atomic mass is 10.0. The Kier molecular flexibility index (Phi) is 3.34. The van der Waals surface area contributed by atoms with Crippen LogP contribution in [0.2, 0.25) is 0 Å². The summed E-state index contributed by atoms with van der Waals surface area (Å²) >= 11 is 0. The molecule has 3 rings (SSSR count). The van der Waals surface area contributed by atoms with E-state index in [1.165, 1.54) is 6.07 Å². The van der Waals surface area contributed by atoms with Crippen LogP contribution in [-0.2, 0) is 0 Å². The van der Waals surface area contributed by atoms with Crippen LogP contribution in [0.1, 0.15) is 16.8 Å². The highest BCUT2D eigenvalue weighted by Gasteiger charge is 2.24. The molecule has 1 saturated heterocycles. The number of rotatable bonds is 1. The molecule has 110 valence electrons. The summed E-state index contributed by atoms with van der Waals surface area (Å²) in [6, 6.07) is 3.44. The van der Waals surface area contributed by atoms with Gasteiger partial charge in [-0.05, 0) is 32.5 Å². The van der Waals surface area contributed by atoms with Crippen LogP contribution in [0.4, 0.5) is 10.1 Å². The number of nitrogens with one attached hydrogen (secondary N) is 1. The minimum Gasteiger partial charge on any atom is -0.366 e. The van der Waals surface area contributed by atoms with E-state index in [0.717, 1.165) is 48.3 Å². The van der Waals surface area contributed by atoms with E-state index >= 15 is 0 Å². The molecule has 2 heterocycles. The Labute approximate surface area is 123 Å². The molecule has 1 aromatic carbocycles. The fourth-order valence-corrected chi connectivity index (χ4v) is 3.03. The molecule has 0 saturated carbocycles. The third-order valence-electron chi connectivity index (χ3n) is 4.44. The number of aromatic nitrogens is 1. The van der Waals surface area contributed by atoms with Gasteiger partial charge in [0.15, 0.2) is 0 Å². The second kappa shape index (κ2) is 5.05. The summed E-state index contributed by atoms with van der Waals surface area (Å²) in [5.74, 6) is -0.300. The average molecular weight is 286 g/mol. The number of nitriles is 1. The third-order valence-corrected chi connectivity index (χ3v) is 4.44. The highest BCUT2D eigenvalue weighted by Crippen LogP contribution is 2.36. The van der Waals surface area contributed by atoms with Crippen molar-refractivity contribution in [2.24, 2.45) is 0 Å². The van der Waals surface area contributed by atoms with Crippen LogP contribution in [0.25, 0.3) is 10.9 Å². The van der Waals surface area contributed by atoms with Crippen molar-refractivity contribution in [3.63, 3.8) is 0 Å². The first-order valence-corrected chi connectivity index (χ1v) is 7.18. The topological polar surface area (TPSA) is 46.1 Å². The van der Waals surface area contributed by atoms with Crippen LogP contribution < -0.4 is 4.90 Å². The number of hydrogen-bond acceptors (Lipinski definition) is 3. The van der Waals surface area contributed by atoms with E-state index in [2.05, 4.69) is 27.9 Å². The fourth-order valence-electron chi connectivity index (χ4n) is 3.03. The van der Waals surface area contributed by atoms with Gasteiger partial charge in [0.05, 0.1) is 16.8 Å². The van der Waals surface area contributed by atoms with Crippen molar-refractivity contribution in [1.82, 2.24) is 9.88 Å². The Balaban J connectivity index is 2.23. The van der Waals surface area contributed by atoms with Crippen LogP contribution in [-0.4, -0.2) is 43.1 Å². The highest BCUT2D eigenvalue weighted by molar-refractivity contribution is 5.99. The molecule has 5 heteroatoms. The number of anilines is 1. The maximum atomic E-state index is 14.6. The Bertz CT molecular complexity index is 733. The highest BCUT2D eigenvalue weighted by atomic mass is 19.1. The minimum atomic E-state index is -0.300. The van der Waals surface area contributed by atoms with Gasteiger partial charge in [0.1, 0.15) is 11.9 Å². The molecule has 1 N–H and O–H groups in total. The smallest absolute Gasteiger partial charge is 0.148 e. The Morgan fingerprint density at radius 3 is 2.52 bits per heavy atom. The Hall–Kier alpha value is -2.06. The van der Waals surface area contributed by atoms with Crippen LogP contribution in [0.3, 0.4) is 0 Å². The average Bonchev–Trinajstić information content (AvgIpc) is 2.76. The zero-order valence-corrected chi connectivity index (χ0v) is 12.6. The molecule has 0 radical (unpaired) electrons. The normalized spacial score (nSPS) is 16.4. The predicted octanol–water partition coefficient (Wildman–Crippen LogP) is 2.55. The summed E-state index contributed by atoms with van der Waals surface area (Å²) in [5.41, 5.74) is 3.77. The fraction of sp³-hybridized carbons (Fsp3) is 0.438. The Morgan fingerprint density at radius 2 is 1.90 bits per heavy atom. The molecule has 1 aromatic heterocycles. The number of hydrogen-bond donors (Lipinski definition) is 1. The van der Waals surface area contributed by atoms with Gasteiger partial charge in [-0.3, -0.25) is 0 Å². The number of fused-ring (bicyclic) bond motifs is 1. The monoisotopic (exact) mass is 286 g/mol. The molecule has 2 aromatic rings. The van der Waals surface area contributed by atoms with Gasteiger partial charge in [-0.25, -0.2) is 4.39 Å². The van der Waals surface area contributed by atoms with Crippen molar-refractivity contribution in [1.29, 1.82) is 5.26 Å². The molecule has 1 aliphatic rings. The van der Waals surface area contributed by atoms with Crippen molar-refractivity contribution < 1.29 is 4.39 Å². The van der Waals surface area contributed by atoms with E-state index in [1.54, 1.807) is 0 Å². The molecule has 0 bridgehead atoms. The predicted molar refractivity (Wildman–Crippen MR) is 82.2 cm³/mol. The van der Waals surface area contributed by atoms with Gasteiger partial charge in [0.2, 0.25) is 0 Å². The zero-order chi connectivity index (χ0) is 15.1. The molecule has 21 heavy (non-hydrogen) atoms. The molecule has 4 nitrogen and oxygen atoms in total. The largest absolute Gasteiger partial charge is 0.366 e. The number of likely N-dealkylation sites (N-methyl/N-ethyl adjacent to an activating group) is 1. The second-order valence-electron chi connectivity index (χ2n) is 5.78. The zero-order valence-electron chi connectivity index (χ0n) is 12.6. The Morgan fingerprint density at radius 1 is 1.24 bits per heavy atom. The summed E-state index contributed by atoms with van der Waals surface area (Å²) in [5, 5.41) is 10.1. The minimum absolute atomic E-state index is 0.300. The number of piperazine rings is 1. The van der Waals surface area contributed by atoms with Gasteiger partial charge >= 0.3 is 0 Å². The summed E-state index contributed by atoms with van der Waals surface area (Å²) < 4.78 is 14.6. The van der Waals surface area contributed by atoms with Gasteiger partial charge in [-0.15, -0.1) is 0 Å². The molecule has 1 fully saturated rings. The van der Waals surface area contributed by atoms with Gasteiger partial charge in [0, 0.05) is 37.3 Å². The maximum absolute atomic E-state index is 14.6. The van der Waals surface area contributed by atoms with E-state index in [-0.39, 0.29) is 5.82 Å². The maximum Gasteiger partial charge on any atom is 0.148 e. The van der Waals surface area contributed by atoms with Gasteiger partial charge in [-0.2, -0.15) is 5.26 Å². The molecule has 0 aliphatic carbocycles. The summed E-state index contributed by atoms with van der Waals surface area (Å²) in [4.78, 5) is 7.57. The lowest BCUT2D eigenvalue weighted by Gasteiger charge is -2.34. The number of aryl methyl sites for hydroxylation is 2. The first kappa shape index (κ1) is 13.9. The number of halogens is 1. The van der Waals surface area contributed by atoms with E-state index in [4.69, 9.17) is 0 Å².